The summed E-state index contributed by atoms with van der Waals surface area (Å²) in [7, 11) is -3.39. The van der Waals surface area contributed by atoms with E-state index in [1.807, 2.05) is 39.0 Å². The third-order valence-corrected chi connectivity index (χ3v) is 8.00. The van der Waals surface area contributed by atoms with E-state index in [1.165, 1.54) is 11.3 Å². The van der Waals surface area contributed by atoms with Crippen LogP contribution in [0.1, 0.15) is 54.1 Å². The first kappa shape index (κ1) is 28.0. The Morgan fingerprint density at radius 2 is 1.68 bits per heavy atom. The number of thiophene rings is 1. The number of rotatable bonds is 8. The van der Waals surface area contributed by atoms with Gasteiger partial charge in [-0.1, -0.05) is 31.5 Å². The highest BCUT2D eigenvalue weighted by Gasteiger charge is 2.26. The molecule has 0 fully saturated rings. The van der Waals surface area contributed by atoms with Gasteiger partial charge in [0.15, 0.2) is 0 Å². The molecule has 200 valence electrons. The fourth-order valence-corrected chi connectivity index (χ4v) is 5.99. The number of hydrogen-bond donors (Lipinski definition) is 2. The SMILES string of the molecule is Cc1cc(OC(C)C)cc(C(C)(C)c2cc(Cl)cc(NC(=O)c3cc4cc(NS(C)(=O)=O)ccc4s3)c2)c1. The van der Waals surface area contributed by atoms with Crippen molar-refractivity contribution >= 4 is 60.3 Å². The number of carbonyl (C=O) groups excluding carboxylic acids is 1. The Kier molecular flexibility index (Phi) is 7.79. The maximum atomic E-state index is 13.2. The van der Waals surface area contributed by atoms with Gasteiger partial charge in [0.2, 0.25) is 10.0 Å². The van der Waals surface area contributed by atoms with Gasteiger partial charge < -0.3 is 10.1 Å². The number of anilines is 2. The van der Waals surface area contributed by atoms with Gasteiger partial charge in [0.1, 0.15) is 5.75 Å². The number of aryl methyl sites for hydroxylation is 1. The first-order chi connectivity index (χ1) is 17.7. The molecule has 9 heteroatoms. The quantitative estimate of drug-likeness (QED) is 0.228. The number of halogens is 1. The van der Waals surface area contributed by atoms with E-state index in [2.05, 4.69) is 36.0 Å². The zero-order chi connectivity index (χ0) is 27.8. The minimum atomic E-state index is -3.39. The van der Waals surface area contributed by atoms with E-state index in [9.17, 15) is 13.2 Å². The minimum Gasteiger partial charge on any atom is -0.491 e. The Labute approximate surface area is 233 Å². The molecule has 3 aromatic carbocycles. The summed E-state index contributed by atoms with van der Waals surface area (Å²) in [6, 6.07) is 18.7. The fourth-order valence-electron chi connectivity index (χ4n) is 4.26. The maximum absolute atomic E-state index is 13.2. The summed E-state index contributed by atoms with van der Waals surface area (Å²) in [5.74, 6) is 0.552. The number of benzene rings is 3. The molecule has 2 N–H and O–H groups in total. The van der Waals surface area contributed by atoms with Crippen LogP contribution in [0.4, 0.5) is 11.4 Å². The highest BCUT2D eigenvalue weighted by atomic mass is 35.5. The van der Waals surface area contributed by atoms with Crippen LogP contribution in [0.15, 0.2) is 60.7 Å². The van der Waals surface area contributed by atoms with E-state index in [1.54, 1.807) is 30.3 Å². The van der Waals surface area contributed by atoms with E-state index < -0.39 is 15.4 Å². The van der Waals surface area contributed by atoms with Crippen molar-refractivity contribution in [1.29, 1.82) is 0 Å². The van der Waals surface area contributed by atoms with Crippen LogP contribution >= 0.6 is 22.9 Å². The molecule has 0 saturated heterocycles. The normalized spacial score (nSPS) is 12.1. The lowest BCUT2D eigenvalue weighted by molar-refractivity contribution is 0.103. The molecule has 0 radical (unpaired) electrons. The van der Waals surface area contributed by atoms with Gasteiger partial charge in [0.05, 0.1) is 17.2 Å². The summed E-state index contributed by atoms with van der Waals surface area (Å²) in [4.78, 5) is 13.7. The molecular weight excluding hydrogens is 540 g/mol. The lowest BCUT2D eigenvalue weighted by atomic mass is 9.77. The summed E-state index contributed by atoms with van der Waals surface area (Å²) < 4.78 is 32.4. The molecule has 0 aliphatic carbocycles. The smallest absolute Gasteiger partial charge is 0.265 e. The van der Waals surface area contributed by atoms with Gasteiger partial charge >= 0.3 is 0 Å². The Hall–Kier alpha value is -3.07. The molecule has 0 spiro atoms. The lowest BCUT2D eigenvalue weighted by Crippen LogP contribution is -2.20. The molecule has 0 bridgehead atoms. The largest absolute Gasteiger partial charge is 0.491 e. The van der Waals surface area contributed by atoms with Crippen molar-refractivity contribution in [3.63, 3.8) is 0 Å². The second kappa shape index (κ2) is 10.6. The monoisotopic (exact) mass is 570 g/mol. The standard InChI is InChI=1S/C29H31ClN2O4S2/c1-17(2)36-25-10-18(3)9-20(15-25)29(4,5)21-13-22(30)16-24(14-21)31-28(33)27-12-19-11-23(32-38(6,34)35)7-8-26(19)37-27/h7-17,32H,1-6H3,(H,31,33). The molecule has 6 nitrogen and oxygen atoms in total. The van der Waals surface area contributed by atoms with E-state index >= 15 is 0 Å². The third-order valence-electron chi connectivity index (χ3n) is 6.07. The molecule has 0 aliphatic rings. The van der Waals surface area contributed by atoms with Gasteiger partial charge in [-0.3, -0.25) is 9.52 Å². The predicted molar refractivity (Wildman–Crippen MR) is 159 cm³/mol. The molecule has 4 aromatic rings. The van der Waals surface area contributed by atoms with Crippen molar-refractivity contribution in [2.24, 2.45) is 0 Å². The molecule has 0 unspecified atom stereocenters. The maximum Gasteiger partial charge on any atom is 0.265 e. The zero-order valence-electron chi connectivity index (χ0n) is 22.2. The first-order valence-electron chi connectivity index (χ1n) is 12.1. The van der Waals surface area contributed by atoms with Crippen LogP contribution in [0.25, 0.3) is 10.1 Å². The Bertz CT molecular complexity index is 1630. The van der Waals surface area contributed by atoms with Crippen LogP contribution < -0.4 is 14.8 Å². The molecule has 4 rings (SSSR count). The molecule has 0 atom stereocenters. The average molecular weight is 571 g/mol. The predicted octanol–water partition coefficient (Wildman–Crippen LogP) is 7.60. The van der Waals surface area contributed by atoms with Crippen LogP contribution in [0, 0.1) is 6.92 Å². The number of amides is 1. The van der Waals surface area contributed by atoms with Gasteiger partial charge in [-0.05, 0) is 97.4 Å². The Morgan fingerprint density at radius 1 is 0.974 bits per heavy atom. The summed E-state index contributed by atoms with van der Waals surface area (Å²) >= 11 is 7.84. The Balaban J connectivity index is 1.61. The molecule has 38 heavy (non-hydrogen) atoms. The van der Waals surface area contributed by atoms with Crippen LogP contribution in [-0.4, -0.2) is 26.7 Å². The number of ether oxygens (including phenoxy) is 1. The van der Waals surface area contributed by atoms with Crippen molar-refractivity contribution in [3.8, 4) is 5.75 Å². The number of hydrogen-bond acceptors (Lipinski definition) is 5. The highest BCUT2D eigenvalue weighted by Crippen LogP contribution is 2.37. The molecule has 0 aliphatic heterocycles. The Morgan fingerprint density at radius 3 is 2.37 bits per heavy atom. The first-order valence-corrected chi connectivity index (χ1v) is 15.2. The second-order valence-corrected chi connectivity index (χ2v) is 13.5. The van der Waals surface area contributed by atoms with E-state index in [-0.39, 0.29) is 12.0 Å². The van der Waals surface area contributed by atoms with Gasteiger partial charge in [0.25, 0.3) is 5.91 Å². The summed E-state index contributed by atoms with van der Waals surface area (Å²) in [6.45, 7) is 10.3. The van der Waals surface area contributed by atoms with Crippen molar-refractivity contribution in [2.45, 2.75) is 46.1 Å². The highest BCUT2D eigenvalue weighted by molar-refractivity contribution is 7.92. The molecule has 1 heterocycles. The van der Waals surface area contributed by atoms with E-state index in [0.717, 1.165) is 38.8 Å². The fraction of sp³-hybridized carbons (Fsp3) is 0.276. The van der Waals surface area contributed by atoms with Crippen LogP contribution in [0.2, 0.25) is 5.02 Å². The van der Waals surface area contributed by atoms with E-state index in [0.29, 0.717) is 21.3 Å². The van der Waals surface area contributed by atoms with Crippen molar-refractivity contribution in [2.75, 3.05) is 16.3 Å². The lowest BCUT2D eigenvalue weighted by Gasteiger charge is -2.28. The molecule has 1 amide bonds. The zero-order valence-corrected chi connectivity index (χ0v) is 24.6. The summed E-state index contributed by atoms with van der Waals surface area (Å²) in [5.41, 5.74) is 3.76. The second-order valence-electron chi connectivity index (χ2n) is 10.2. The van der Waals surface area contributed by atoms with Gasteiger partial charge in [-0.25, -0.2) is 8.42 Å². The van der Waals surface area contributed by atoms with Crippen LogP contribution in [0.3, 0.4) is 0 Å². The number of sulfonamides is 1. The molecule has 0 saturated carbocycles. The van der Waals surface area contributed by atoms with Crippen molar-refractivity contribution in [3.05, 3.63) is 87.3 Å². The third kappa shape index (κ3) is 6.67. The molecular formula is C29H31ClN2O4S2. The van der Waals surface area contributed by atoms with Gasteiger partial charge in [0, 0.05) is 26.5 Å². The summed E-state index contributed by atoms with van der Waals surface area (Å²) in [5, 5.41) is 4.27. The van der Waals surface area contributed by atoms with E-state index in [4.69, 9.17) is 16.3 Å². The topological polar surface area (TPSA) is 84.5 Å². The van der Waals surface area contributed by atoms with Crippen molar-refractivity contribution < 1.29 is 17.9 Å². The van der Waals surface area contributed by atoms with Gasteiger partial charge in [-0.2, -0.15) is 0 Å². The average Bonchev–Trinajstić information content (AvgIpc) is 3.20. The number of nitrogens with one attached hydrogen (secondary N) is 2. The molecule has 1 aromatic heterocycles. The van der Waals surface area contributed by atoms with Crippen LogP contribution in [-0.2, 0) is 15.4 Å². The summed E-state index contributed by atoms with van der Waals surface area (Å²) in [6.07, 6.45) is 1.17. The van der Waals surface area contributed by atoms with Crippen molar-refractivity contribution in [1.82, 2.24) is 0 Å². The van der Waals surface area contributed by atoms with Crippen LogP contribution in [0.5, 0.6) is 5.75 Å². The minimum absolute atomic E-state index is 0.0668. The number of carbonyl (C=O) groups is 1. The van der Waals surface area contributed by atoms with Gasteiger partial charge in [-0.15, -0.1) is 11.3 Å². The number of fused-ring (bicyclic) bond motifs is 1.